The van der Waals surface area contributed by atoms with E-state index < -0.39 is 0 Å². The number of nitrogens with one attached hydrogen (secondary N) is 1. The van der Waals surface area contributed by atoms with Crippen molar-refractivity contribution in [3.05, 3.63) is 12.3 Å². The van der Waals surface area contributed by atoms with E-state index in [0.717, 1.165) is 0 Å². The summed E-state index contributed by atoms with van der Waals surface area (Å²) >= 11 is 0. The van der Waals surface area contributed by atoms with Gasteiger partial charge in [-0.25, -0.2) is 0 Å². The van der Waals surface area contributed by atoms with Crippen molar-refractivity contribution in [2.75, 3.05) is 0 Å². The molecule has 0 aromatic heterocycles. The summed E-state index contributed by atoms with van der Waals surface area (Å²) in [5, 5.41) is 2.48. The van der Waals surface area contributed by atoms with Crippen LogP contribution >= 0.6 is 0 Å². The molecule has 3 heteroatoms. The molecule has 0 heterocycles. The summed E-state index contributed by atoms with van der Waals surface area (Å²) in [6, 6.07) is 0. The SMILES string of the molecule is CC=CNC(C)=O.[H-].[Na+]. The van der Waals surface area contributed by atoms with Gasteiger partial charge in [-0.05, 0) is 13.1 Å². The zero-order chi connectivity index (χ0) is 5.70. The van der Waals surface area contributed by atoms with Gasteiger partial charge in [0.15, 0.2) is 0 Å². The first-order valence-corrected chi connectivity index (χ1v) is 2.15. The van der Waals surface area contributed by atoms with E-state index in [-0.39, 0.29) is 36.9 Å². The Hall–Kier alpha value is 0.210. The first-order chi connectivity index (χ1) is 3.27. The Morgan fingerprint density at radius 1 is 1.75 bits per heavy atom. The molecule has 0 saturated carbocycles. The zero-order valence-electron chi connectivity index (χ0n) is 6.56. The molecule has 0 aliphatic heterocycles. The van der Waals surface area contributed by atoms with E-state index in [9.17, 15) is 4.79 Å². The Balaban J connectivity index is -0.000000180. The predicted octanol–water partition coefficient (Wildman–Crippen LogP) is -2.23. The van der Waals surface area contributed by atoms with Crippen molar-refractivity contribution >= 4 is 5.91 Å². The van der Waals surface area contributed by atoms with Gasteiger partial charge in [0.1, 0.15) is 0 Å². The molecule has 1 amide bonds. The monoisotopic (exact) mass is 123 g/mol. The molecule has 42 valence electrons. The molecule has 0 unspecified atom stereocenters. The number of hydrogen-bond acceptors (Lipinski definition) is 1. The van der Waals surface area contributed by atoms with Gasteiger partial charge in [-0.2, -0.15) is 0 Å². The Bertz CT molecular complexity index is 95.0. The molecule has 0 fully saturated rings. The summed E-state index contributed by atoms with van der Waals surface area (Å²) in [6.07, 6.45) is 3.36. The molecule has 0 aromatic rings. The van der Waals surface area contributed by atoms with Crippen LogP contribution in [0.5, 0.6) is 0 Å². The van der Waals surface area contributed by atoms with Crippen LogP contribution in [0.4, 0.5) is 0 Å². The molecule has 8 heavy (non-hydrogen) atoms. The Morgan fingerprint density at radius 2 is 2.25 bits per heavy atom. The summed E-state index contributed by atoms with van der Waals surface area (Å²) in [6.45, 7) is 3.32. The van der Waals surface area contributed by atoms with Crippen LogP contribution in [0.1, 0.15) is 15.3 Å². The third-order valence-electron chi connectivity index (χ3n) is 0.453. The molecular weight excluding hydrogens is 113 g/mol. The van der Waals surface area contributed by atoms with E-state index in [0.29, 0.717) is 0 Å². The molecule has 0 radical (unpaired) electrons. The molecule has 0 saturated heterocycles. The van der Waals surface area contributed by atoms with Crippen molar-refractivity contribution in [1.29, 1.82) is 0 Å². The van der Waals surface area contributed by atoms with Gasteiger partial charge in [-0.15, -0.1) is 0 Å². The summed E-state index contributed by atoms with van der Waals surface area (Å²) in [5.41, 5.74) is 0. The van der Waals surface area contributed by atoms with Crippen molar-refractivity contribution < 1.29 is 35.8 Å². The van der Waals surface area contributed by atoms with Crippen LogP contribution < -0.4 is 34.9 Å². The number of amides is 1. The van der Waals surface area contributed by atoms with Gasteiger partial charge in [0.05, 0.1) is 0 Å². The standard InChI is InChI=1S/C5H9NO.Na.H/c1-3-4-6-5(2)7;;/h3-4H,1-2H3,(H,6,7);;/q;+1;-1. The second kappa shape index (κ2) is 7.21. The van der Waals surface area contributed by atoms with Gasteiger partial charge < -0.3 is 6.74 Å². The fraction of sp³-hybridized carbons (Fsp3) is 0.400. The molecule has 0 atom stereocenters. The Labute approximate surface area is 73.1 Å². The van der Waals surface area contributed by atoms with E-state index in [4.69, 9.17) is 0 Å². The predicted molar refractivity (Wildman–Crippen MR) is 29.7 cm³/mol. The molecule has 0 aliphatic carbocycles. The van der Waals surface area contributed by atoms with Crippen LogP contribution in [-0.4, -0.2) is 5.91 Å². The second-order valence-corrected chi connectivity index (χ2v) is 1.20. The van der Waals surface area contributed by atoms with Gasteiger partial charge in [0.2, 0.25) is 5.91 Å². The first-order valence-electron chi connectivity index (χ1n) is 2.15. The molecule has 2 nitrogen and oxygen atoms in total. The van der Waals surface area contributed by atoms with Crippen LogP contribution in [-0.2, 0) is 4.79 Å². The quantitative estimate of drug-likeness (QED) is 0.393. The Morgan fingerprint density at radius 3 is 2.38 bits per heavy atom. The van der Waals surface area contributed by atoms with Crippen LogP contribution in [0, 0.1) is 0 Å². The van der Waals surface area contributed by atoms with Crippen LogP contribution in [0.15, 0.2) is 12.3 Å². The minimum atomic E-state index is -0.0295. The van der Waals surface area contributed by atoms with Gasteiger partial charge in [0, 0.05) is 6.92 Å². The van der Waals surface area contributed by atoms with Crippen molar-refractivity contribution in [1.82, 2.24) is 5.32 Å². The van der Waals surface area contributed by atoms with Crippen molar-refractivity contribution in [3.8, 4) is 0 Å². The molecule has 0 aliphatic rings. The smallest absolute Gasteiger partial charge is 1.00 e. The fourth-order valence-electron chi connectivity index (χ4n) is 0.201. The third kappa shape index (κ3) is 9.51. The number of carbonyl (C=O) groups excluding carboxylic acids is 1. The summed E-state index contributed by atoms with van der Waals surface area (Å²) in [5.74, 6) is -0.0295. The van der Waals surface area contributed by atoms with Crippen LogP contribution in [0.25, 0.3) is 0 Å². The average Bonchev–Trinajstić information content (AvgIpc) is 1.61. The molecule has 0 spiro atoms. The summed E-state index contributed by atoms with van der Waals surface area (Å²) in [7, 11) is 0. The van der Waals surface area contributed by atoms with Gasteiger partial charge in [-0.1, -0.05) is 6.08 Å². The van der Waals surface area contributed by atoms with Gasteiger partial charge in [-0.3, -0.25) is 4.79 Å². The van der Waals surface area contributed by atoms with Crippen molar-refractivity contribution in [3.63, 3.8) is 0 Å². The maximum atomic E-state index is 10.0. The van der Waals surface area contributed by atoms with E-state index in [1.165, 1.54) is 6.92 Å². The summed E-state index contributed by atoms with van der Waals surface area (Å²) < 4.78 is 0. The number of hydrogen-bond donors (Lipinski definition) is 1. The number of carbonyl (C=O) groups is 1. The maximum absolute atomic E-state index is 10.0. The normalized spacial score (nSPS) is 8.25. The molecular formula is C5H10NNaO. The van der Waals surface area contributed by atoms with E-state index in [1.54, 1.807) is 12.3 Å². The van der Waals surface area contributed by atoms with Crippen LogP contribution in [0.2, 0.25) is 0 Å². The minimum absolute atomic E-state index is 0. The second-order valence-electron chi connectivity index (χ2n) is 1.20. The largest absolute Gasteiger partial charge is 1.00 e. The van der Waals surface area contributed by atoms with Gasteiger partial charge >= 0.3 is 29.6 Å². The fourth-order valence-corrected chi connectivity index (χ4v) is 0.201. The zero-order valence-corrected chi connectivity index (χ0v) is 7.56. The molecule has 0 bridgehead atoms. The van der Waals surface area contributed by atoms with E-state index in [1.807, 2.05) is 6.92 Å². The molecule has 0 rings (SSSR count). The molecule has 0 aromatic carbocycles. The van der Waals surface area contributed by atoms with Crippen LogP contribution in [0.3, 0.4) is 0 Å². The molecule has 1 N–H and O–H groups in total. The Kier molecular flexibility index (Phi) is 9.97. The maximum Gasteiger partial charge on any atom is 1.00 e. The summed E-state index contributed by atoms with van der Waals surface area (Å²) in [4.78, 5) is 10.0. The van der Waals surface area contributed by atoms with E-state index in [2.05, 4.69) is 5.32 Å². The first kappa shape index (κ1) is 11.1. The topological polar surface area (TPSA) is 29.1 Å². The van der Waals surface area contributed by atoms with Crippen molar-refractivity contribution in [2.24, 2.45) is 0 Å². The van der Waals surface area contributed by atoms with E-state index >= 15 is 0 Å². The minimum Gasteiger partial charge on any atom is -1.00 e. The third-order valence-corrected chi connectivity index (χ3v) is 0.453. The van der Waals surface area contributed by atoms with Crippen molar-refractivity contribution in [2.45, 2.75) is 13.8 Å². The number of rotatable bonds is 1. The number of allylic oxidation sites excluding steroid dienone is 1. The van der Waals surface area contributed by atoms with Gasteiger partial charge in [0.25, 0.3) is 0 Å². The average molecular weight is 123 g/mol.